The molecule has 0 unspecified atom stereocenters. The smallest absolute Gasteiger partial charge is 0.358 e. The monoisotopic (exact) mass is 791 g/mol. The molecule has 0 spiro atoms. The molecular weight excluding hydrogens is 750 g/mol. The van der Waals surface area contributed by atoms with Crippen LogP contribution in [0.2, 0.25) is 0 Å². The summed E-state index contributed by atoms with van der Waals surface area (Å²) in [6.45, 7) is 17.9. The molecule has 44 heavy (non-hydrogen) atoms. The van der Waals surface area contributed by atoms with Gasteiger partial charge >= 0.3 is 117 Å². The Morgan fingerprint density at radius 3 is 0.705 bits per heavy atom. The summed E-state index contributed by atoms with van der Waals surface area (Å²) >= 11 is 0. The van der Waals surface area contributed by atoms with E-state index in [0.717, 1.165) is 0 Å². The maximum Gasteiger partial charge on any atom is 2.00 e. The summed E-state index contributed by atoms with van der Waals surface area (Å²) in [4.78, 5) is 0. The molecule has 0 saturated heterocycles. The fourth-order valence-corrected chi connectivity index (χ4v) is 2.61. The molecule has 0 bridgehead atoms. The third-order valence-corrected chi connectivity index (χ3v) is 3.97. The summed E-state index contributed by atoms with van der Waals surface area (Å²) < 4.78 is 141. The van der Waals surface area contributed by atoms with E-state index in [0.29, 0.717) is 5.92 Å². The minimum atomic E-state index is -10.7. The summed E-state index contributed by atoms with van der Waals surface area (Å²) in [6.07, 6.45) is 15.0. The Morgan fingerprint density at radius 1 is 0.477 bits per heavy atom. The number of benzene rings is 1. The van der Waals surface area contributed by atoms with Gasteiger partial charge < -0.3 is 22.3 Å². The quantitative estimate of drug-likeness (QED) is 0.0894. The molecule has 2 saturated carbocycles. The molecule has 0 heterocycles. The van der Waals surface area contributed by atoms with Gasteiger partial charge in [-0.1, -0.05) is 108 Å². The first-order valence-corrected chi connectivity index (χ1v) is 15.1. The van der Waals surface area contributed by atoms with Crippen LogP contribution in [0.25, 0.3) is 0 Å². The standard InChI is InChI=1S/C9H12.2C5H10.3CO.3CH3.2F6P.2Fe/c1-8(2)9-6-4-3-5-7-9;2*1-2-4-5-3-1;3*1-2;;;;2*1-7(2,3,4,5)6;;/h3-8H,1-2H3;2*1-5H2;;;;3*1H3;;;;/q;;;;;;5*-1;;+2. The maximum absolute atomic E-state index is 10.7. The zero-order valence-electron chi connectivity index (χ0n) is 24.9. The fourth-order valence-electron chi connectivity index (χ4n) is 2.61. The normalized spacial score (nSPS) is 15.0. The molecule has 0 atom stereocenters. The SMILES string of the molecule is C1CCCC1.C1CCCC1.CC(C)c1ccccc1.F[P-](F)(F)(F)(F)F.F[P-](F)(F)(F)(F)F.[C-]#[O+].[C-]#[O+].[C-]#[O+].[CH3-].[CH3-].[CH3-].[Fe+2].[Fe]. The van der Waals surface area contributed by atoms with Gasteiger partial charge in [0.2, 0.25) is 0 Å². The van der Waals surface area contributed by atoms with Crippen molar-refractivity contribution in [1.29, 1.82) is 0 Å². The van der Waals surface area contributed by atoms with Crippen molar-refractivity contribution in [2.75, 3.05) is 0 Å². The van der Waals surface area contributed by atoms with E-state index in [4.69, 9.17) is 14.0 Å². The zero-order valence-corrected chi connectivity index (χ0v) is 28.9. The van der Waals surface area contributed by atoms with Gasteiger partial charge in [-0.2, -0.15) is 0 Å². The molecule has 272 valence electrons. The average molecular weight is 791 g/mol. The Kier molecular flexibility index (Phi) is 45.7. The van der Waals surface area contributed by atoms with Gasteiger partial charge in [0.25, 0.3) is 0 Å². The van der Waals surface area contributed by atoms with E-state index in [1.807, 2.05) is 6.07 Å². The van der Waals surface area contributed by atoms with E-state index in [1.165, 1.54) is 69.8 Å². The van der Waals surface area contributed by atoms with Crippen molar-refractivity contribution in [3.05, 3.63) is 78.1 Å². The van der Waals surface area contributed by atoms with Gasteiger partial charge in [0.15, 0.2) is 0 Å². The minimum Gasteiger partial charge on any atom is -0.358 e. The Labute approximate surface area is 275 Å². The van der Waals surface area contributed by atoms with Crippen LogP contribution in [0, 0.1) is 42.2 Å². The van der Waals surface area contributed by atoms with E-state index in [-0.39, 0.29) is 56.4 Å². The summed E-state index contributed by atoms with van der Waals surface area (Å²) in [6, 6.07) is 10.5. The van der Waals surface area contributed by atoms with Crippen molar-refractivity contribution >= 4 is 15.6 Å². The molecule has 2 aliphatic carbocycles. The maximum atomic E-state index is 9.87. The van der Waals surface area contributed by atoms with Gasteiger partial charge in [-0.3, -0.25) is 0 Å². The molecule has 0 amide bonds. The van der Waals surface area contributed by atoms with Gasteiger partial charge in [-0.25, -0.2) is 0 Å². The molecule has 0 aliphatic heterocycles. The second-order valence-corrected chi connectivity index (χ2v) is 11.9. The molecule has 3 rings (SSSR count). The van der Waals surface area contributed by atoms with Crippen LogP contribution < -0.4 is 0 Å². The number of hydrogen-bond donors (Lipinski definition) is 0. The zero-order chi connectivity index (χ0) is 32.6. The van der Waals surface area contributed by atoms with E-state index in [9.17, 15) is 50.4 Å². The van der Waals surface area contributed by atoms with Gasteiger partial charge in [0.1, 0.15) is 0 Å². The van der Waals surface area contributed by atoms with Crippen molar-refractivity contribution in [1.82, 2.24) is 0 Å². The number of halogens is 12. The summed E-state index contributed by atoms with van der Waals surface area (Å²) in [7, 11) is -21.3. The second-order valence-electron chi connectivity index (χ2n) is 8.02. The van der Waals surface area contributed by atoms with Crippen LogP contribution in [0.5, 0.6) is 0 Å². The van der Waals surface area contributed by atoms with Crippen LogP contribution >= 0.6 is 15.6 Å². The Morgan fingerprint density at radius 2 is 0.614 bits per heavy atom. The first-order valence-electron chi connectivity index (χ1n) is 11.0. The Balaban J connectivity index is -0.0000000386. The predicted molar refractivity (Wildman–Crippen MR) is 145 cm³/mol. The molecule has 1 aromatic carbocycles. The Hall–Kier alpha value is -0.501. The van der Waals surface area contributed by atoms with Crippen LogP contribution in [-0.2, 0) is 48.1 Å². The van der Waals surface area contributed by atoms with Crippen LogP contribution in [0.3, 0.4) is 0 Å². The average Bonchev–Trinajstić information content (AvgIpc) is 3.53. The topological polar surface area (TPSA) is 59.7 Å². The first-order chi connectivity index (χ1) is 17.2. The van der Waals surface area contributed by atoms with Gasteiger partial charge in [-0.05, 0) is 11.5 Å². The minimum absolute atomic E-state index is 0. The summed E-state index contributed by atoms with van der Waals surface area (Å²) in [5.41, 5.74) is 1.41. The van der Waals surface area contributed by atoms with Crippen molar-refractivity contribution < 1.29 is 98.5 Å². The molecular formula is C25H41F12Fe2O3P2-3. The summed E-state index contributed by atoms with van der Waals surface area (Å²) in [5, 5.41) is 0. The van der Waals surface area contributed by atoms with Gasteiger partial charge in [0.05, 0.1) is 0 Å². The van der Waals surface area contributed by atoms with Crippen molar-refractivity contribution in [2.24, 2.45) is 0 Å². The largest absolute Gasteiger partial charge is 2.00 e. The molecule has 19 heteroatoms. The number of hydrogen-bond acceptors (Lipinski definition) is 0. The van der Waals surface area contributed by atoms with E-state index >= 15 is 0 Å². The molecule has 0 aromatic heterocycles. The third-order valence-electron chi connectivity index (χ3n) is 3.97. The van der Waals surface area contributed by atoms with E-state index < -0.39 is 15.6 Å². The van der Waals surface area contributed by atoms with Crippen LogP contribution in [-0.4, -0.2) is 0 Å². The van der Waals surface area contributed by atoms with E-state index in [1.54, 1.807) is 0 Å². The second kappa shape index (κ2) is 28.7. The summed E-state index contributed by atoms with van der Waals surface area (Å²) in [5.74, 6) is 0.659. The van der Waals surface area contributed by atoms with Crippen LogP contribution in [0.1, 0.15) is 89.5 Å². The predicted octanol–water partition coefficient (Wildman–Crippen LogP) is 14.7. The molecule has 1 aromatic rings. The van der Waals surface area contributed by atoms with Crippen LogP contribution in [0.15, 0.2) is 30.3 Å². The molecule has 2 fully saturated rings. The molecule has 3 nitrogen and oxygen atoms in total. The number of rotatable bonds is 1. The molecule has 2 aliphatic rings. The van der Waals surface area contributed by atoms with E-state index in [2.05, 4.69) is 58.1 Å². The Bertz CT molecular complexity index is 702. The van der Waals surface area contributed by atoms with Crippen LogP contribution in [0.4, 0.5) is 50.4 Å². The van der Waals surface area contributed by atoms with Crippen molar-refractivity contribution in [3.8, 4) is 0 Å². The first kappa shape index (κ1) is 70.0. The third kappa shape index (κ3) is 147. The molecule has 0 N–H and O–H groups in total. The van der Waals surface area contributed by atoms with Crippen molar-refractivity contribution in [3.63, 3.8) is 0 Å². The molecule has 0 radical (unpaired) electrons. The van der Waals surface area contributed by atoms with Crippen molar-refractivity contribution in [2.45, 2.75) is 84.0 Å². The van der Waals surface area contributed by atoms with Gasteiger partial charge in [-0.15, -0.1) is 0 Å². The fraction of sp³-hybridized carbons (Fsp3) is 0.520. The van der Waals surface area contributed by atoms with Gasteiger partial charge in [0, 0.05) is 17.1 Å².